The fraction of sp³-hybridized carbons (Fsp3) is 0.100. The smallest absolute Gasteiger partial charge is 0.347 e. The Morgan fingerprint density at radius 1 is 1.14 bits per heavy atom. The minimum atomic E-state index is -4.37. The summed E-state index contributed by atoms with van der Waals surface area (Å²) >= 11 is 7.22. The van der Waals surface area contributed by atoms with E-state index in [1.807, 2.05) is 6.07 Å². The highest BCUT2D eigenvalue weighted by Crippen LogP contribution is 2.33. The Morgan fingerprint density at radius 2 is 1.90 bits per heavy atom. The summed E-state index contributed by atoms with van der Waals surface area (Å²) in [5.41, 5.74) is 1.09. The number of nitrogens with zero attached hydrogens (tertiary/aromatic N) is 2. The van der Waals surface area contributed by atoms with Gasteiger partial charge in [-0.3, -0.25) is 9.20 Å². The van der Waals surface area contributed by atoms with Gasteiger partial charge < -0.3 is 5.32 Å². The number of aromatic nitrogens is 2. The summed E-state index contributed by atoms with van der Waals surface area (Å²) in [4.78, 5) is 18.0. The third-order valence-corrected chi connectivity index (χ3v) is 5.51. The van der Waals surface area contributed by atoms with Crippen LogP contribution in [0, 0.1) is 0 Å². The maximum atomic E-state index is 12.7. The molecule has 0 spiro atoms. The molecule has 2 aromatic carbocycles. The Hall–Kier alpha value is -2.84. The lowest BCUT2D eigenvalue weighted by Crippen LogP contribution is -2.23. The molecule has 29 heavy (non-hydrogen) atoms. The molecule has 0 saturated carbocycles. The maximum Gasteiger partial charge on any atom is 0.416 e. The molecule has 0 unspecified atom stereocenters. The molecule has 0 saturated heterocycles. The van der Waals surface area contributed by atoms with E-state index in [1.54, 1.807) is 35.0 Å². The number of thiazole rings is 1. The van der Waals surface area contributed by atoms with Gasteiger partial charge in [-0.25, -0.2) is 4.98 Å². The van der Waals surface area contributed by atoms with Crippen LogP contribution in [-0.2, 0) is 12.7 Å². The van der Waals surface area contributed by atoms with Gasteiger partial charge in [-0.1, -0.05) is 47.2 Å². The second kappa shape index (κ2) is 7.53. The summed E-state index contributed by atoms with van der Waals surface area (Å²) in [5.74, 6) is -0.322. The number of carbonyl (C=O) groups is 1. The molecule has 4 nitrogen and oxygen atoms in total. The van der Waals surface area contributed by atoms with Gasteiger partial charge in [-0.15, -0.1) is 0 Å². The number of fused-ring (bicyclic) bond motifs is 1. The second-order valence-electron chi connectivity index (χ2n) is 6.30. The van der Waals surface area contributed by atoms with Crippen molar-refractivity contribution in [2.45, 2.75) is 12.7 Å². The first-order chi connectivity index (χ1) is 13.8. The first-order valence-electron chi connectivity index (χ1n) is 8.48. The van der Waals surface area contributed by atoms with E-state index in [1.165, 1.54) is 23.5 Å². The molecular weight excluding hydrogens is 423 g/mol. The molecule has 1 amide bonds. The van der Waals surface area contributed by atoms with Crippen LogP contribution in [0.25, 0.3) is 15.4 Å². The highest BCUT2D eigenvalue weighted by Gasteiger charge is 2.30. The molecule has 148 valence electrons. The topological polar surface area (TPSA) is 46.4 Å². The number of halogens is 4. The van der Waals surface area contributed by atoms with Gasteiger partial charge in [0.05, 0.1) is 10.4 Å². The first kappa shape index (κ1) is 19.5. The van der Waals surface area contributed by atoms with Crippen molar-refractivity contribution in [3.63, 3.8) is 0 Å². The molecule has 0 aliphatic carbocycles. The fourth-order valence-electron chi connectivity index (χ4n) is 2.78. The summed E-state index contributed by atoms with van der Waals surface area (Å²) < 4.78 is 39.8. The molecule has 0 bridgehead atoms. The number of amides is 1. The molecular formula is C20H13ClF3N3OS. The van der Waals surface area contributed by atoms with Crippen molar-refractivity contribution in [3.05, 3.63) is 82.8 Å². The van der Waals surface area contributed by atoms with E-state index in [4.69, 9.17) is 11.6 Å². The summed E-state index contributed by atoms with van der Waals surface area (Å²) in [6.07, 6.45) is -1.04. The Bertz CT molecular complexity index is 1150. The van der Waals surface area contributed by atoms with E-state index in [0.29, 0.717) is 22.1 Å². The van der Waals surface area contributed by atoms with Crippen molar-refractivity contribution in [3.8, 4) is 10.4 Å². The summed E-state index contributed by atoms with van der Waals surface area (Å²) in [7, 11) is 0. The van der Waals surface area contributed by atoms with Gasteiger partial charge in [0.2, 0.25) is 0 Å². The predicted molar refractivity (Wildman–Crippen MR) is 106 cm³/mol. The number of imidazole rings is 1. The minimum absolute atomic E-state index is 0.261. The molecule has 9 heteroatoms. The van der Waals surface area contributed by atoms with E-state index in [-0.39, 0.29) is 11.6 Å². The van der Waals surface area contributed by atoms with Crippen LogP contribution in [0.3, 0.4) is 0 Å². The molecule has 0 aliphatic rings. The van der Waals surface area contributed by atoms with Gasteiger partial charge >= 0.3 is 6.18 Å². The van der Waals surface area contributed by atoms with Gasteiger partial charge in [-0.2, -0.15) is 13.2 Å². The van der Waals surface area contributed by atoms with Crippen molar-refractivity contribution in [2.24, 2.45) is 0 Å². The van der Waals surface area contributed by atoms with Crippen LogP contribution in [0.1, 0.15) is 21.6 Å². The quantitative estimate of drug-likeness (QED) is 0.449. The summed E-state index contributed by atoms with van der Waals surface area (Å²) in [6.45, 7) is 0.321. The van der Waals surface area contributed by atoms with Gasteiger partial charge in [-0.05, 0) is 35.4 Å². The number of hydrogen-bond acceptors (Lipinski definition) is 3. The van der Waals surface area contributed by atoms with Crippen molar-refractivity contribution in [1.29, 1.82) is 0 Å². The van der Waals surface area contributed by atoms with Crippen LogP contribution in [0.4, 0.5) is 13.2 Å². The molecule has 0 fully saturated rings. The number of carbonyl (C=O) groups excluding carboxylic acids is 1. The lowest BCUT2D eigenvalue weighted by Gasteiger charge is -2.06. The molecule has 4 aromatic rings. The molecule has 0 atom stereocenters. The van der Waals surface area contributed by atoms with E-state index >= 15 is 0 Å². The number of alkyl halides is 3. The summed E-state index contributed by atoms with van der Waals surface area (Å²) in [6, 6.07) is 12.1. The Kier molecular flexibility index (Phi) is 5.06. The predicted octanol–water partition coefficient (Wildman–Crippen LogP) is 5.67. The van der Waals surface area contributed by atoms with Crippen LogP contribution in [-0.4, -0.2) is 15.3 Å². The molecule has 2 aromatic heterocycles. The van der Waals surface area contributed by atoms with Crippen molar-refractivity contribution in [1.82, 2.24) is 14.7 Å². The normalized spacial score (nSPS) is 11.7. The average molecular weight is 436 g/mol. The van der Waals surface area contributed by atoms with Crippen LogP contribution < -0.4 is 5.32 Å². The van der Waals surface area contributed by atoms with Crippen LogP contribution in [0.15, 0.2) is 60.9 Å². The SMILES string of the molecule is O=C(NCc1cccc(Cl)c1)c1cn2cc(-c3ccc(C(F)(F)F)cc3)sc2n1. The highest BCUT2D eigenvalue weighted by atomic mass is 35.5. The number of nitrogens with one attached hydrogen (secondary N) is 1. The highest BCUT2D eigenvalue weighted by molar-refractivity contribution is 7.20. The zero-order chi connectivity index (χ0) is 20.6. The van der Waals surface area contributed by atoms with Crippen molar-refractivity contribution in [2.75, 3.05) is 0 Å². The second-order valence-corrected chi connectivity index (χ2v) is 7.74. The van der Waals surface area contributed by atoms with Gasteiger partial charge in [0, 0.05) is 24.0 Å². The van der Waals surface area contributed by atoms with Crippen LogP contribution >= 0.6 is 22.9 Å². The standard InChI is InChI=1S/C20H13ClF3N3OS/c21-15-3-1-2-12(8-15)9-25-18(28)16-10-27-11-17(29-19(27)26-16)13-4-6-14(7-5-13)20(22,23)24/h1-8,10-11H,9H2,(H,25,28). The number of rotatable bonds is 4. The van der Waals surface area contributed by atoms with Crippen LogP contribution in [0.5, 0.6) is 0 Å². The van der Waals surface area contributed by atoms with E-state index < -0.39 is 11.7 Å². The maximum absolute atomic E-state index is 12.7. The lowest BCUT2D eigenvalue weighted by molar-refractivity contribution is -0.137. The van der Waals surface area contributed by atoms with Crippen molar-refractivity contribution < 1.29 is 18.0 Å². The van der Waals surface area contributed by atoms with Gasteiger partial charge in [0.1, 0.15) is 5.69 Å². The first-order valence-corrected chi connectivity index (χ1v) is 9.68. The Morgan fingerprint density at radius 3 is 2.55 bits per heavy atom. The molecule has 4 rings (SSSR count). The molecule has 1 N–H and O–H groups in total. The lowest BCUT2D eigenvalue weighted by atomic mass is 10.1. The monoisotopic (exact) mass is 435 g/mol. The average Bonchev–Trinajstić information content (AvgIpc) is 3.25. The molecule has 0 radical (unpaired) electrons. The third-order valence-electron chi connectivity index (χ3n) is 4.23. The largest absolute Gasteiger partial charge is 0.416 e. The van der Waals surface area contributed by atoms with Crippen LogP contribution in [0.2, 0.25) is 5.02 Å². The van der Waals surface area contributed by atoms with E-state index in [0.717, 1.165) is 22.6 Å². The number of hydrogen-bond donors (Lipinski definition) is 1. The van der Waals surface area contributed by atoms with E-state index in [9.17, 15) is 18.0 Å². The van der Waals surface area contributed by atoms with Crippen molar-refractivity contribution >= 4 is 33.8 Å². The van der Waals surface area contributed by atoms with Gasteiger partial charge in [0.25, 0.3) is 5.91 Å². The summed E-state index contributed by atoms with van der Waals surface area (Å²) in [5, 5.41) is 3.38. The third kappa shape index (κ3) is 4.28. The number of benzene rings is 2. The zero-order valence-electron chi connectivity index (χ0n) is 14.7. The molecule has 0 aliphatic heterocycles. The fourth-order valence-corrected chi connectivity index (χ4v) is 3.97. The van der Waals surface area contributed by atoms with E-state index in [2.05, 4.69) is 10.3 Å². The zero-order valence-corrected chi connectivity index (χ0v) is 16.3. The Labute approximate surface area is 172 Å². The molecule has 2 heterocycles. The Balaban J connectivity index is 1.48. The minimum Gasteiger partial charge on any atom is -0.347 e. The van der Waals surface area contributed by atoms with Gasteiger partial charge in [0.15, 0.2) is 4.96 Å².